The van der Waals surface area contributed by atoms with Gasteiger partial charge in [-0.3, -0.25) is 4.99 Å². The highest BCUT2D eigenvalue weighted by molar-refractivity contribution is 5.80. The van der Waals surface area contributed by atoms with Crippen molar-refractivity contribution in [2.24, 2.45) is 4.99 Å². The molecular formula is C23H30N4O2. The standard InChI is InChI=1S/C23H30N4O2/c1-17-4-7-20(8-5-17)27-11-10-19(16-27)26-23(24-2)25-15-18-6-9-21-22(14-18)29-13-3-12-28-21/h4-9,14,19H,3,10-13,15-16H2,1-2H3,(H2,24,25,26). The van der Waals surface area contributed by atoms with Crippen molar-refractivity contribution in [1.29, 1.82) is 0 Å². The molecule has 0 aromatic heterocycles. The van der Waals surface area contributed by atoms with Gasteiger partial charge in [0.2, 0.25) is 0 Å². The Bertz CT molecular complexity index is 850. The van der Waals surface area contributed by atoms with Crippen LogP contribution in [0, 0.1) is 6.92 Å². The number of fused-ring (bicyclic) bond motifs is 1. The maximum Gasteiger partial charge on any atom is 0.191 e. The summed E-state index contributed by atoms with van der Waals surface area (Å²) in [5.74, 6) is 2.48. The third-order valence-electron chi connectivity index (χ3n) is 5.42. The fourth-order valence-corrected chi connectivity index (χ4v) is 3.76. The van der Waals surface area contributed by atoms with Crippen LogP contribution in [0.2, 0.25) is 0 Å². The zero-order chi connectivity index (χ0) is 20.1. The van der Waals surface area contributed by atoms with Crippen LogP contribution < -0.4 is 25.0 Å². The van der Waals surface area contributed by atoms with Crippen molar-refractivity contribution in [3.05, 3.63) is 53.6 Å². The zero-order valence-corrected chi connectivity index (χ0v) is 17.3. The number of aryl methyl sites for hydroxylation is 1. The fourth-order valence-electron chi connectivity index (χ4n) is 3.76. The summed E-state index contributed by atoms with van der Waals surface area (Å²) in [5, 5.41) is 6.98. The van der Waals surface area contributed by atoms with Crippen molar-refractivity contribution < 1.29 is 9.47 Å². The van der Waals surface area contributed by atoms with Gasteiger partial charge in [0, 0.05) is 44.8 Å². The van der Waals surface area contributed by atoms with Gasteiger partial charge in [-0.05, 0) is 43.2 Å². The van der Waals surface area contributed by atoms with Crippen molar-refractivity contribution in [2.45, 2.75) is 32.4 Å². The third-order valence-corrected chi connectivity index (χ3v) is 5.42. The molecule has 2 N–H and O–H groups in total. The molecule has 4 rings (SSSR count). The summed E-state index contributed by atoms with van der Waals surface area (Å²) in [7, 11) is 1.82. The highest BCUT2D eigenvalue weighted by Crippen LogP contribution is 2.30. The van der Waals surface area contributed by atoms with E-state index < -0.39 is 0 Å². The highest BCUT2D eigenvalue weighted by Gasteiger charge is 2.23. The lowest BCUT2D eigenvalue weighted by molar-refractivity contribution is 0.297. The van der Waals surface area contributed by atoms with Crippen LogP contribution in [0.4, 0.5) is 5.69 Å². The lowest BCUT2D eigenvalue weighted by Crippen LogP contribution is -2.44. The number of hydrogen-bond donors (Lipinski definition) is 2. The Morgan fingerprint density at radius 2 is 1.90 bits per heavy atom. The molecule has 0 aliphatic carbocycles. The molecule has 0 amide bonds. The van der Waals surface area contributed by atoms with Crippen LogP contribution in [0.15, 0.2) is 47.5 Å². The van der Waals surface area contributed by atoms with Crippen molar-refractivity contribution in [1.82, 2.24) is 10.6 Å². The summed E-state index contributed by atoms with van der Waals surface area (Å²) in [6.07, 6.45) is 2.01. The summed E-state index contributed by atoms with van der Waals surface area (Å²) in [4.78, 5) is 6.82. The monoisotopic (exact) mass is 394 g/mol. The number of hydrogen-bond acceptors (Lipinski definition) is 4. The van der Waals surface area contributed by atoms with Crippen molar-refractivity contribution in [2.75, 3.05) is 38.3 Å². The Morgan fingerprint density at radius 1 is 1.10 bits per heavy atom. The molecule has 154 valence electrons. The molecule has 2 aliphatic rings. The van der Waals surface area contributed by atoms with E-state index in [4.69, 9.17) is 9.47 Å². The number of aliphatic imine (C=N–C) groups is 1. The maximum absolute atomic E-state index is 5.79. The van der Waals surface area contributed by atoms with Crippen LogP contribution in [0.25, 0.3) is 0 Å². The summed E-state index contributed by atoms with van der Waals surface area (Å²) in [5.41, 5.74) is 3.72. The largest absolute Gasteiger partial charge is 0.490 e. The predicted molar refractivity (Wildman–Crippen MR) is 117 cm³/mol. The summed E-state index contributed by atoms with van der Waals surface area (Å²) in [6.45, 7) is 6.25. The van der Waals surface area contributed by atoms with E-state index in [0.29, 0.717) is 25.8 Å². The van der Waals surface area contributed by atoms with Gasteiger partial charge >= 0.3 is 0 Å². The van der Waals surface area contributed by atoms with Crippen molar-refractivity contribution in [3.8, 4) is 11.5 Å². The van der Waals surface area contributed by atoms with E-state index >= 15 is 0 Å². The normalized spacial score (nSPS) is 19.0. The van der Waals surface area contributed by atoms with E-state index in [1.165, 1.54) is 11.3 Å². The molecule has 0 radical (unpaired) electrons. The van der Waals surface area contributed by atoms with Gasteiger partial charge in [0.1, 0.15) is 0 Å². The van der Waals surface area contributed by atoms with E-state index in [9.17, 15) is 0 Å². The van der Waals surface area contributed by atoms with Crippen LogP contribution >= 0.6 is 0 Å². The number of ether oxygens (including phenoxy) is 2. The molecule has 0 bridgehead atoms. The average Bonchev–Trinajstić information content (AvgIpc) is 3.08. The van der Waals surface area contributed by atoms with Gasteiger partial charge in [-0.15, -0.1) is 0 Å². The van der Waals surface area contributed by atoms with E-state index in [1.807, 2.05) is 13.1 Å². The second-order valence-corrected chi connectivity index (χ2v) is 7.67. The Morgan fingerprint density at radius 3 is 2.69 bits per heavy atom. The quantitative estimate of drug-likeness (QED) is 0.616. The van der Waals surface area contributed by atoms with Crippen LogP contribution in [0.1, 0.15) is 24.0 Å². The highest BCUT2D eigenvalue weighted by atomic mass is 16.5. The molecule has 29 heavy (non-hydrogen) atoms. The SMILES string of the molecule is CN=C(NCc1ccc2c(c1)OCCCO2)NC1CCN(c2ccc(C)cc2)C1. The second kappa shape index (κ2) is 9.07. The Labute approximate surface area is 172 Å². The third kappa shape index (κ3) is 4.94. The summed E-state index contributed by atoms with van der Waals surface area (Å²) >= 11 is 0. The van der Waals surface area contributed by atoms with Gasteiger partial charge in [-0.1, -0.05) is 23.8 Å². The minimum Gasteiger partial charge on any atom is -0.490 e. The number of benzene rings is 2. The first kappa shape index (κ1) is 19.4. The second-order valence-electron chi connectivity index (χ2n) is 7.67. The molecule has 1 fully saturated rings. The zero-order valence-electron chi connectivity index (χ0n) is 17.3. The van der Waals surface area contributed by atoms with E-state index in [0.717, 1.165) is 49.0 Å². The first-order valence-electron chi connectivity index (χ1n) is 10.4. The minimum atomic E-state index is 0.381. The smallest absolute Gasteiger partial charge is 0.191 e. The first-order chi connectivity index (χ1) is 14.2. The van der Waals surface area contributed by atoms with Crippen LogP contribution in [-0.2, 0) is 6.54 Å². The Balaban J connectivity index is 1.30. The Hall–Kier alpha value is -2.89. The number of rotatable bonds is 4. The lowest BCUT2D eigenvalue weighted by atomic mass is 10.2. The minimum absolute atomic E-state index is 0.381. The Kier molecular flexibility index (Phi) is 6.08. The van der Waals surface area contributed by atoms with Crippen LogP contribution in [0.3, 0.4) is 0 Å². The van der Waals surface area contributed by atoms with Gasteiger partial charge in [0.25, 0.3) is 0 Å². The molecule has 0 saturated carbocycles. The number of nitrogens with one attached hydrogen (secondary N) is 2. The van der Waals surface area contributed by atoms with E-state index in [-0.39, 0.29) is 0 Å². The van der Waals surface area contributed by atoms with Crippen LogP contribution in [-0.4, -0.2) is 45.4 Å². The molecule has 6 heteroatoms. The van der Waals surface area contributed by atoms with Crippen molar-refractivity contribution in [3.63, 3.8) is 0 Å². The number of nitrogens with zero attached hydrogens (tertiary/aromatic N) is 2. The van der Waals surface area contributed by atoms with E-state index in [2.05, 4.69) is 63.8 Å². The average molecular weight is 395 g/mol. The van der Waals surface area contributed by atoms with E-state index in [1.54, 1.807) is 0 Å². The van der Waals surface area contributed by atoms with Crippen LogP contribution in [0.5, 0.6) is 11.5 Å². The molecule has 2 aliphatic heterocycles. The van der Waals surface area contributed by atoms with Gasteiger partial charge in [-0.25, -0.2) is 0 Å². The number of guanidine groups is 1. The molecule has 1 unspecified atom stereocenters. The van der Waals surface area contributed by atoms with Gasteiger partial charge in [0.05, 0.1) is 13.2 Å². The number of anilines is 1. The fraction of sp³-hybridized carbons (Fsp3) is 0.435. The summed E-state index contributed by atoms with van der Waals surface area (Å²) < 4.78 is 11.5. The van der Waals surface area contributed by atoms with Gasteiger partial charge in [0.15, 0.2) is 17.5 Å². The topological polar surface area (TPSA) is 58.1 Å². The molecule has 2 aromatic rings. The van der Waals surface area contributed by atoms with Crippen molar-refractivity contribution >= 4 is 11.6 Å². The summed E-state index contributed by atoms with van der Waals surface area (Å²) in [6, 6.07) is 15.2. The predicted octanol–water partition coefficient (Wildman–Crippen LogP) is 3.10. The lowest BCUT2D eigenvalue weighted by Gasteiger charge is -2.20. The molecule has 1 atom stereocenters. The molecular weight excluding hydrogens is 364 g/mol. The first-order valence-corrected chi connectivity index (χ1v) is 10.4. The molecule has 1 saturated heterocycles. The van der Waals surface area contributed by atoms with Gasteiger partial charge < -0.3 is 25.0 Å². The molecule has 6 nitrogen and oxygen atoms in total. The molecule has 0 spiro atoms. The maximum atomic E-state index is 5.79. The molecule has 2 aromatic carbocycles. The molecule has 2 heterocycles. The van der Waals surface area contributed by atoms with Gasteiger partial charge in [-0.2, -0.15) is 0 Å².